The second kappa shape index (κ2) is 10.2. The Morgan fingerprint density at radius 2 is 1.89 bits per heavy atom. The summed E-state index contributed by atoms with van der Waals surface area (Å²) in [4.78, 5) is 24.9. The number of carbonyl (C=O) groups is 2. The van der Waals surface area contributed by atoms with E-state index in [0.29, 0.717) is 12.3 Å². The number of thiol groups is 1. The molecule has 0 aromatic carbocycles. The first-order valence-corrected chi connectivity index (χ1v) is 7.06. The van der Waals surface area contributed by atoms with Gasteiger partial charge in [0.1, 0.15) is 6.04 Å². The van der Waals surface area contributed by atoms with Gasteiger partial charge in [0.05, 0.1) is 0 Å². The average molecular weight is 275 g/mol. The fourth-order valence-corrected chi connectivity index (χ4v) is 1.87. The quantitative estimate of drug-likeness (QED) is 0.418. The Balaban J connectivity index is 3.84. The van der Waals surface area contributed by atoms with Crippen molar-refractivity contribution >= 4 is 24.4 Å². The molecule has 1 unspecified atom stereocenters. The molecule has 0 saturated heterocycles. The van der Waals surface area contributed by atoms with Gasteiger partial charge in [-0.05, 0) is 26.1 Å². The smallest absolute Gasteiger partial charge is 0.243 e. The Hall–Kier alpha value is -0.750. The van der Waals surface area contributed by atoms with Crippen molar-refractivity contribution < 1.29 is 9.59 Å². The zero-order valence-electron chi connectivity index (χ0n) is 11.5. The van der Waals surface area contributed by atoms with Gasteiger partial charge in [-0.3, -0.25) is 9.59 Å². The summed E-state index contributed by atoms with van der Waals surface area (Å²) in [5, 5.41) is 5.38. The predicted molar refractivity (Wildman–Crippen MR) is 76.9 cm³/mol. The lowest BCUT2D eigenvalue weighted by atomic mass is 10.3. The molecule has 0 saturated carbocycles. The number of hydrogen-bond acceptors (Lipinski definition) is 4. The number of carbonyl (C=O) groups excluding carboxylic acids is 2. The van der Waals surface area contributed by atoms with E-state index in [9.17, 15) is 9.59 Å². The number of rotatable bonds is 9. The Labute approximate surface area is 115 Å². The molecular weight excluding hydrogens is 250 g/mol. The molecule has 0 aromatic rings. The zero-order valence-corrected chi connectivity index (χ0v) is 12.4. The molecule has 0 rings (SSSR count). The molecule has 0 spiro atoms. The van der Waals surface area contributed by atoms with Gasteiger partial charge in [-0.1, -0.05) is 13.8 Å². The molecule has 0 aliphatic heterocycles. The van der Waals surface area contributed by atoms with Crippen LogP contribution in [0.1, 0.15) is 27.2 Å². The van der Waals surface area contributed by atoms with E-state index >= 15 is 0 Å². The van der Waals surface area contributed by atoms with Gasteiger partial charge in [-0.15, -0.1) is 0 Å². The van der Waals surface area contributed by atoms with Crippen LogP contribution in [-0.4, -0.2) is 54.7 Å². The van der Waals surface area contributed by atoms with Crippen LogP contribution in [0.4, 0.5) is 0 Å². The first-order chi connectivity index (χ1) is 8.54. The van der Waals surface area contributed by atoms with Crippen molar-refractivity contribution in [1.29, 1.82) is 0 Å². The predicted octanol–water partition coefficient (Wildman–Crippen LogP) is 0.269. The summed E-state index contributed by atoms with van der Waals surface area (Å²) in [6, 6.07) is -0.542. The highest BCUT2D eigenvalue weighted by Gasteiger charge is 2.16. The van der Waals surface area contributed by atoms with Crippen LogP contribution in [0.2, 0.25) is 0 Å². The van der Waals surface area contributed by atoms with Crippen molar-refractivity contribution in [2.75, 3.05) is 31.9 Å². The number of nitrogens with one attached hydrogen (secondary N) is 2. The van der Waals surface area contributed by atoms with Crippen LogP contribution in [-0.2, 0) is 9.59 Å². The third-order valence-corrected chi connectivity index (χ3v) is 3.09. The van der Waals surface area contributed by atoms with Gasteiger partial charge in [0.25, 0.3) is 0 Å². The number of amides is 2. The van der Waals surface area contributed by atoms with E-state index in [-0.39, 0.29) is 11.8 Å². The van der Waals surface area contributed by atoms with Gasteiger partial charge < -0.3 is 15.5 Å². The van der Waals surface area contributed by atoms with Crippen molar-refractivity contribution in [2.24, 2.45) is 0 Å². The summed E-state index contributed by atoms with van der Waals surface area (Å²) >= 11 is 4.05. The van der Waals surface area contributed by atoms with E-state index in [1.165, 1.54) is 6.92 Å². The summed E-state index contributed by atoms with van der Waals surface area (Å²) in [7, 11) is 0. The van der Waals surface area contributed by atoms with Crippen LogP contribution < -0.4 is 10.6 Å². The van der Waals surface area contributed by atoms with Crippen LogP contribution in [0.25, 0.3) is 0 Å². The van der Waals surface area contributed by atoms with Gasteiger partial charge in [-0.2, -0.15) is 12.6 Å². The zero-order chi connectivity index (χ0) is 14.0. The van der Waals surface area contributed by atoms with E-state index in [1.54, 1.807) is 0 Å². The van der Waals surface area contributed by atoms with Gasteiger partial charge >= 0.3 is 0 Å². The largest absolute Gasteiger partial charge is 0.354 e. The minimum absolute atomic E-state index is 0.167. The summed E-state index contributed by atoms with van der Waals surface area (Å²) in [5.74, 6) is -0.0753. The normalized spacial score (nSPS) is 12.3. The molecule has 2 amide bonds. The van der Waals surface area contributed by atoms with E-state index in [0.717, 1.165) is 26.1 Å². The molecule has 2 N–H and O–H groups in total. The SMILES string of the molecule is CCN(CC)CCCNC(=O)C(CS)NC(C)=O. The monoisotopic (exact) mass is 275 g/mol. The molecule has 0 heterocycles. The summed E-state index contributed by atoms with van der Waals surface area (Å²) < 4.78 is 0. The first-order valence-electron chi connectivity index (χ1n) is 6.43. The Morgan fingerprint density at radius 3 is 2.33 bits per heavy atom. The Bertz CT molecular complexity index is 258. The van der Waals surface area contributed by atoms with Crippen LogP contribution >= 0.6 is 12.6 Å². The maximum atomic E-state index is 11.7. The van der Waals surface area contributed by atoms with E-state index < -0.39 is 6.04 Å². The molecule has 0 aromatic heterocycles. The third kappa shape index (κ3) is 7.55. The maximum absolute atomic E-state index is 11.7. The van der Waals surface area contributed by atoms with Crippen LogP contribution in [0.15, 0.2) is 0 Å². The van der Waals surface area contributed by atoms with E-state index in [2.05, 4.69) is 42.0 Å². The van der Waals surface area contributed by atoms with E-state index in [4.69, 9.17) is 0 Å². The second-order valence-corrected chi connectivity index (χ2v) is 4.47. The fraction of sp³-hybridized carbons (Fsp3) is 0.833. The van der Waals surface area contributed by atoms with Crippen LogP contribution in [0.3, 0.4) is 0 Å². The van der Waals surface area contributed by atoms with Crippen LogP contribution in [0.5, 0.6) is 0 Å². The Morgan fingerprint density at radius 1 is 1.28 bits per heavy atom. The van der Waals surface area contributed by atoms with Gasteiger partial charge in [-0.25, -0.2) is 0 Å². The highest BCUT2D eigenvalue weighted by molar-refractivity contribution is 7.80. The van der Waals surface area contributed by atoms with Crippen molar-refractivity contribution in [1.82, 2.24) is 15.5 Å². The topological polar surface area (TPSA) is 61.4 Å². The third-order valence-electron chi connectivity index (χ3n) is 2.72. The van der Waals surface area contributed by atoms with Gasteiger partial charge in [0.2, 0.25) is 11.8 Å². The van der Waals surface area contributed by atoms with Gasteiger partial charge in [0.15, 0.2) is 0 Å². The summed E-state index contributed by atoms with van der Waals surface area (Å²) in [5.41, 5.74) is 0. The summed E-state index contributed by atoms with van der Waals surface area (Å²) in [6.45, 7) is 9.28. The van der Waals surface area contributed by atoms with Gasteiger partial charge in [0, 0.05) is 19.2 Å². The van der Waals surface area contributed by atoms with Crippen molar-refractivity contribution in [3.8, 4) is 0 Å². The average Bonchev–Trinajstić information content (AvgIpc) is 2.35. The lowest BCUT2D eigenvalue weighted by Gasteiger charge is -2.19. The number of nitrogens with zero attached hydrogens (tertiary/aromatic N) is 1. The molecule has 0 bridgehead atoms. The minimum Gasteiger partial charge on any atom is -0.354 e. The first kappa shape index (κ1) is 17.2. The second-order valence-electron chi connectivity index (χ2n) is 4.11. The Kier molecular flexibility index (Phi) is 9.77. The molecule has 18 heavy (non-hydrogen) atoms. The molecule has 0 radical (unpaired) electrons. The molecule has 0 fully saturated rings. The van der Waals surface area contributed by atoms with Crippen LogP contribution in [0, 0.1) is 0 Å². The standard InChI is InChI=1S/C12H25N3O2S/c1-4-15(5-2)8-6-7-13-12(17)11(9-18)14-10(3)16/h11,18H,4-9H2,1-3H3,(H,13,17)(H,14,16). The number of hydrogen-bond donors (Lipinski definition) is 3. The lowest BCUT2D eigenvalue weighted by Crippen LogP contribution is -2.47. The molecule has 5 nitrogen and oxygen atoms in total. The summed E-state index contributed by atoms with van der Waals surface area (Å²) in [6.07, 6.45) is 0.910. The minimum atomic E-state index is -0.542. The lowest BCUT2D eigenvalue weighted by molar-refractivity contribution is -0.127. The molecule has 6 heteroatoms. The van der Waals surface area contributed by atoms with Crippen molar-refractivity contribution in [3.05, 3.63) is 0 Å². The molecule has 0 aliphatic carbocycles. The molecule has 106 valence electrons. The van der Waals surface area contributed by atoms with E-state index in [1.807, 2.05) is 0 Å². The van der Waals surface area contributed by atoms with Crippen molar-refractivity contribution in [3.63, 3.8) is 0 Å². The highest BCUT2D eigenvalue weighted by atomic mass is 32.1. The molecular formula is C12H25N3O2S. The molecule has 0 aliphatic rings. The maximum Gasteiger partial charge on any atom is 0.243 e. The van der Waals surface area contributed by atoms with Crippen molar-refractivity contribution in [2.45, 2.75) is 33.2 Å². The highest BCUT2D eigenvalue weighted by Crippen LogP contribution is 1.92. The fourth-order valence-electron chi connectivity index (χ4n) is 1.62. The molecule has 1 atom stereocenters.